The fourth-order valence-electron chi connectivity index (χ4n) is 2.04. The number of hydrogen-bond acceptors (Lipinski definition) is 3. The van der Waals surface area contributed by atoms with Gasteiger partial charge in [-0.25, -0.2) is 0 Å². The summed E-state index contributed by atoms with van der Waals surface area (Å²) < 4.78 is 0.896. The van der Waals surface area contributed by atoms with Gasteiger partial charge in [0.25, 0.3) is 0 Å². The Balaban J connectivity index is 1.84. The maximum absolute atomic E-state index is 11.8. The molecular weight excluding hydrogens is 296 g/mol. The van der Waals surface area contributed by atoms with Gasteiger partial charge in [-0.15, -0.1) is 0 Å². The monoisotopic (exact) mass is 312 g/mol. The highest BCUT2D eigenvalue weighted by Crippen LogP contribution is 2.23. The molecule has 0 aromatic heterocycles. The fraction of sp³-hybridized carbons (Fsp3) is 0.462. The molecule has 1 aromatic carbocycles. The molecule has 1 aliphatic heterocycles. The first-order valence-electron chi connectivity index (χ1n) is 5.97. The molecule has 5 heteroatoms. The maximum Gasteiger partial charge on any atom is 0.238 e. The highest BCUT2D eigenvalue weighted by molar-refractivity contribution is 9.10. The molecule has 2 rings (SSSR count). The van der Waals surface area contributed by atoms with E-state index >= 15 is 0 Å². The highest BCUT2D eigenvalue weighted by atomic mass is 79.9. The van der Waals surface area contributed by atoms with E-state index in [0.717, 1.165) is 28.8 Å². The molecule has 0 unspecified atom stereocenters. The van der Waals surface area contributed by atoms with Gasteiger partial charge in [-0.2, -0.15) is 0 Å². The van der Waals surface area contributed by atoms with Crippen LogP contribution in [0.25, 0.3) is 0 Å². The van der Waals surface area contributed by atoms with Crippen molar-refractivity contribution in [3.63, 3.8) is 0 Å². The summed E-state index contributed by atoms with van der Waals surface area (Å²) in [7, 11) is 0. The van der Waals surface area contributed by atoms with Crippen molar-refractivity contribution < 1.29 is 9.90 Å². The summed E-state index contributed by atoms with van der Waals surface area (Å²) in [4.78, 5) is 13.8. The summed E-state index contributed by atoms with van der Waals surface area (Å²) in [5.41, 5.74) is 1.94. The fourth-order valence-corrected chi connectivity index (χ4v) is 2.63. The van der Waals surface area contributed by atoms with Crippen LogP contribution in [0.5, 0.6) is 0 Å². The Morgan fingerprint density at radius 1 is 1.56 bits per heavy atom. The number of carbonyl (C=O) groups is 1. The minimum absolute atomic E-state index is 0.0176. The van der Waals surface area contributed by atoms with Crippen LogP contribution in [0, 0.1) is 12.8 Å². The number of nitrogens with one attached hydrogen (secondary N) is 1. The molecule has 4 nitrogen and oxygen atoms in total. The Bertz CT molecular complexity index is 445. The average Bonchev–Trinajstić information content (AvgIpc) is 2.27. The van der Waals surface area contributed by atoms with Crippen molar-refractivity contribution in [1.29, 1.82) is 0 Å². The van der Waals surface area contributed by atoms with E-state index in [1.165, 1.54) is 0 Å². The number of nitrogens with zero attached hydrogens (tertiary/aromatic N) is 1. The molecule has 1 aromatic rings. The Hall–Kier alpha value is -0.910. The molecular formula is C13H17BrN2O2. The molecule has 1 saturated heterocycles. The quantitative estimate of drug-likeness (QED) is 0.888. The van der Waals surface area contributed by atoms with E-state index in [2.05, 4.69) is 21.2 Å². The second-order valence-corrected chi connectivity index (χ2v) is 5.63. The second kappa shape index (κ2) is 5.82. The number of aryl methyl sites for hydroxylation is 1. The molecule has 2 N–H and O–H groups in total. The van der Waals surface area contributed by atoms with Gasteiger partial charge in [0.1, 0.15) is 0 Å². The van der Waals surface area contributed by atoms with Crippen molar-refractivity contribution in [2.24, 2.45) is 5.92 Å². The standard InChI is InChI=1S/C13H17BrN2O2/c1-9-2-3-12(11(14)4-9)15-13(18)7-16-5-10(6-16)8-17/h2-4,10,17H,5-8H2,1H3,(H,15,18). The normalized spacial score (nSPS) is 16.4. The molecule has 1 heterocycles. The van der Waals surface area contributed by atoms with Crippen LogP contribution in [-0.2, 0) is 4.79 Å². The zero-order chi connectivity index (χ0) is 13.1. The molecule has 18 heavy (non-hydrogen) atoms. The van der Waals surface area contributed by atoms with Crippen LogP contribution in [0.2, 0.25) is 0 Å². The summed E-state index contributed by atoms with van der Waals surface area (Å²) in [6.45, 7) is 4.21. The van der Waals surface area contributed by atoms with Gasteiger partial charge in [0.15, 0.2) is 0 Å². The lowest BCUT2D eigenvalue weighted by molar-refractivity contribution is -0.119. The van der Waals surface area contributed by atoms with Gasteiger partial charge in [0, 0.05) is 30.1 Å². The SMILES string of the molecule is Cc1ccc(NC(=O)CN2CC(CO)C2)c(Br)c1. The number of carbonyl (C=O) groups excluding carboxylic acids is 1. The van der Waals surface area contributed by atoms with Crippen molar-refractivity contribution >= 4 is 27.5 Å². The van der Waals surface area contributed by atoms with Crippen molar-refractivity contribution in [3.05, 3.63) is 28.2 Å². The van der Waals surface area contributed by atoms with E-state index in [4.69, 9.17) is 5.11 Å². The topological polar surface area (TPSA) is 52.6 Å². The molecule has 0 bridgehead atoms. The Kier molecular flexibility index (Phi) is 4.37. The molecule has 1 aliphatic rings. The molecule has 0 atom stereocenters. The third-order valence-corrected chi connectivity index (χ3v) is 3.71. The van der Waals surface area contributed by atoms with Crippen LogP contribution in [0.3, 0.4) is 0 Å². The molecule has 0 saturated carbocycles. The predicted molar refractivity (Wildman–Crippen MR) is 74.5 cm³/mol. The molecule has 1 fully saturated rings. The third-order valence-electron chi connectivity index (χ3n) is 3.06. The molecule has 1 amide bonds. The average molecular weight is 313 g/mol. The van der Waals surface area contributed by atoms with E-state index in [1.54, 1.807) is 0 Å². The van der Waals surface area contributed by atoms with E-state index in [9.17, 15) is 4.79 Å². The summed E-state index contributed by atoms with van der Waals surface area (Å²) >= 11 is 3.43. The smallest absolute Gasteiger partial charge is 0.238 e. The van der Waals surface area contributed by atoms with Gasteiger partial charge in [-0.1, -0.05) is 6.07 Å². The summed E-state index contributed by atoms with van der Waals surface area (Å²) in [5, 5.41) is 11.8. The van der Waals surface area contributed by atoms with Crippen LogP contribution >= 0.6 is 15.9 Å². The first-order valence-corrected chi connectivity index (χ1v) is 6.77. The van der Waals surface area contributed by atoms with E-state index in [1.807, 2.05) is 30.0 Å². The lowest BCUT2D eigenvalue weighted by Gasteiger charge is -2.37. The number of likely N-dealkylation sites (tertiary alicyclic amines) is 1. The third kappa shape index (κ3) is 3.31. The van der Waals surface area contributed by atoms with Crippen molar-refractivity contribution in [2.75, 3.05) is 31.6 Å². The maximum atomic E-state index is 11.8. The minimum Gasteiger partial charge on any atom is -0.396 e. The summed E-state index contributed by atoms with van der Waals surface area (Å²) in [6, 6.07) is 5.83. The number of aliphatic hydroxyl groups excluding tert-OH is 1. The van der Waals surface area contributed by atoms with Crippen LogP contribution in [0.1, 0.15) is 5.56 Å². The lowest BCUT2D eigenvalue weighted by atomic mass is 10.0. The van der Waals surface area contributed by atoms with Crippen LogP contribution in [0.15, 0.2) is 22.7 Å². The van der Waals surface area contributed by atoms with E-state index in [-0.39, 0.29) is 12.5 Å². The van der Waals surface area contributed by atoms with Gasteiger partial charge >= 0.3 is 0 Å². The largest absolute Gasteiger partial charge is 0.396 e. The minimum atomic E-state index is -0.0176. The number of hydrogen-bond donors (Lipinski definition) is 2. The second-order valence-electron chi connectivity index (χ2n) is 4.77. The van der Waals surface area contributed by atoms with Crippen molar-refractivity contribution in [2.45, 2.75) is 6.92 Å². The number of rotatable bonds is 4. The Morgan fingerprint density at radius 3 is 2.89 bits per heavy atom. The van der Waals surface area contributed by atoms with E-state index in [0.29, 0.717) is 12.5 Å². The summed E-state index contributed by atoms with van der Waals surface area (Å²) in [5.74, 6) is 0.319. The number of anilines is 1. The van der Waals surface area contributed by atoms with Gasteiger partial charge < -0.3 is 10.4 Å². The number of halogens is 1. The first-order chi connectivity index (χ1) is 8.58. The summed E-state index contributed by atoms with van der Waals surface area (Å²) in [6.07, 6.45) is 0. The Morgan fingerprint density at radius 2 is 2.28 bits per heavy atom. The van der Waals surface area contributed by atoms with Crippen LogP contribution in [0.4, 0.5) is 5.69 Å². The van der Waals surface area contributed by atoms with Gasteiger partial charge in [-0.05, 0) is 40.5 Å². The zero-order valence-corrected chi connectivity index (χ0v) is 11.9. The molecule has 0 aliphatic carbocycles. The van der Waals surface area contributed by atoms with Gasteiger partial charge in [0.2, 0.25) is 5.91 Å². The van der Waals surface area contributed by atoms with E-state index < -0.39 is 0 Å². The first kappa shape index (κ1) is 13.5. The number of benzene rings is 1. The molecule has 0 spiro atoms. The van der Waals surface area contributed by atoms with Crippen molar-refractivity contribution in [3.8, 4) is 0 Å². The van der Waals surface area contributed by atoms with Gasteiger partial charge in [-0.3, -0.25) is 9.69 Å². The molecule has 98 valence electrons. The number of aliphatic hydroxyl groups is 1. The van der Waals surface area contributed by atoms with Gasteiger partial charge in [0.05, 0.1) is 12.2 Å². The zero-order valence-electron chi connectivity index (χ0n) is 10.3. The Labute approximate surface area is 115 Å². The predicted octanol–water partition coefficient (Wildman–Crippen LogP) is 1.62. The highest BCUT2D eigenvalue weighted by Gasteiger charge is 2.27. The van der Waals surface area contributed by atoms with Crippen LogP contribution in [-0.4, -0.2) is 42.2 Å². The van der Waals surface area contributed by atoms with Crippen LogP contribution < -0.4 is 5.32 Å². The molecule has 0 radical (unpaired) electrons. The number of amides is 1. The lowest BCUT2D eigenvalue weighted by Crippen LogP contribution is -2.51. The van der Waals surface area contributed by atoms with Crippen molar-refractivity contribution in [1.82, 2.24) is 4.90 Å².